The molecule has 0 aliphatic carbocycles. The fraction of sp³-hybridized carbons (Fsp3) is 0.231. The van der Waals surface area contributed by atoms with Crippen LogP contribution in [-0.2, 0) is 4.79 Å². The Morgan fingerprint density at radius 1 is 1.31 bits per heavy atom. The normalized spacial score (nSPS) is 10.3. The summed E-state index contributed by atoms with van der Waals surface area (Å²) in [5.74, 6) is 0. The lowest BCUT2D eigenvalue weighted by molar-refractivity contribution is -0.107. The maximum absolute atomic E-state index is 10.4. The maximum atomic E-state index is 10.4. The van der Waals surface area contributed by atoms with Crippen LogP contribution in [0.4, 0.5) is 5.69 Å². The zero-order chi connectivity index (χ0) is 11.4. The van der Waals surface area contributed by atoms with Crippen molar-refractivity contribution in [2.45, 2.75) is 6.42 Å². The second-order valence-corrected chi connectivity index (χ2v) is 3.72. The third-order valence-electron chi connectivity index (χ3n) is 2.62. The molecule has 0 saturated heterocycles. The van der Waals surface area contributed by atoms with E-state index in [1.807, 2.05) is 31.3 Å². The average molecular weight is 214 g/mol. The number of aldehydes is 1. The maximum Gasteiger partial charge on any atom is 0.121 e. The zero-order valence-corrected chi connectivity index (χ0v) is 9.26. The van der Waals surface area contributed by atoms with Gasteiger partial charge in [-0.25, -0.2) is 0 Å². The molecule has 3 nitrogen and oxygen atoms in total. The molecule has 0 saturated carbocycles. The summed E-state index contributed by atoms with van der Waals surface area (Å²) in [4.78, 5) is 16.8. The first-order valence-corrected chi connectivity index (χ1v) is 5.31. The van der Waals surface area contributed by atoms with E-state index in [0.717, 1.165) is 29.4 Å². The molecule has 0 unspecified atom stereocenters. The summed E-state index contributed by atoms with van der Waals surface area (Å²) >= 11 is 0. The molecule has 0 aliphatic rings. The lowest BCUT2D eigenvalue weighted by atomic mass is 10.1. The standard InChI is InChI=1S/C13H14N2O/c1-15(9-4-10-16)13-7-8-14-12-6-3-2-5-11(12)13/h2-3,5-8,10H,4,9H2,1H3. The number of anilines is 1. The molecule has 1 heterocycles. The number of carbonyl (C=O) groups is 1. The van der Waals surface area contributed by atoms with Gasteiger partial charge in [0.05, 0.1) is 5.52 Å². The van der Waals surface area contributed by atoms with Gasteiger partial charge >= 0.3 is 0 Å². The second-order valence-electron chi connectivity index (χ2n) is 3.72. The van der Waals surface area contributed by atoms with E-state index in [9.17, 15) is 4.79 Å². The van der Waals surface area contributed by atoms with E-state index in [0.29, 0.717) is 6.42 Å². The fourth-order valence-electron chi connectivity index (χ4n) is 1.78. The molecular weight excluding hydrogens is 200 g/mol. The summed E-state index contributed by atoms with van der Waals surface area (Å²) in [6, 6.07) is 10.0. The highest BCUT2D eigenvalue weighted by atomic mass is 16.1. The molecule has 1 aromatic carbocycles. The minimum Gasteiger partial charge on any atom is -0.374 e. The first-order chi connectivity index (χ1) is 7.83. The molecule has 3 heteroatoms. The van der Waals surface area contributed by atoms with Crippen molar-refractivity contribution >= 4 is 22.9 Å². The smallest absolute Gasteiger partial charge is 0.121 e. The number of hydrogen-bond donors (Lipinski definition) is 0. The highest BCUT2D eigenvalue weighted by Crippen LogP contribution is 2.23. The van der Waals surface area contributed by atoms with Gasteiger partial charge < -0.3 is 9.69 Å². The van der Waals surface area contributed by atoms with Crippen LogP contribution in [0.15, 0.2) is 36.5 Å². The molecule has 2 aromatic rings. The third kappa shape index (κ3) is 2.03. The number of fused-ring (bicyclic) bond motifs is 1. The van der Waals surface area contributed by atoms with Gasteiger partial charge in [-0.3, -0.25) is 4.98 Å². The third-order valence-corrected chi connectivity index (χ3v) is 2.62. The summed E-state index contributed by atoms with van der Waals surface area (Å²) in [7, 11) is 1.99. The number of para-hydroxylation sites is 1. The molecule has 0 amide bonds. The zero-order valence-electron chi connectivity index (χ0n) is 9.26. The van der Waals surface area contributed by atoms with Crippen LogP contribution in [0.25, 0.3) is 10.9 Å². The highest BCUT2D eigenvalue weighted by Gasteiger charge is 2.05. The molecule has 16 heavy (non-hydrogen) atoms. The largest absolute Gasteiger partial charge is 0.374 e. The van der Waals surface area contributed by atoms with Crippen molar-refractivity contribution in [3.8, 4) is 0 Å². The lowest BCUT2D eigenvalue weighted by Gasteiger charge is -2.19. The van der Waals surface area contributed by atoms with E-state index in [4.69, 9.17) is 0 Å². The van der Waals surface area contributed by atoms with Gasteiger partial charge in [0, 0.05) is 37.3 Å². The molecule has 0 spiro atoms. The van der Waals surface area contributed by atoms with E-state index in [1.165, 1.54) is 0 Å². The molecule has 82 valence electrons. The monoisotopic (exact) mass is 214 g/mol. The highest BCUT2D eigenvalue weighted by molar-refractivity contribution is 5.91. The van der Waals surface area contributed by atoms with Crippen molar-refractivity contribution in [2.24, 2.45) is 0 Å². The number of rotatable bonds is 4. The summed E-state index contributed by atoms with van der Waals surface area (Å²) in [5.41, 5.74) is 2.10. The van der Waals surface area contributed by atoms with Gasteiger partial charge in [-0.1, -0.05) is 18.2 Å². The molecule has 1 aromatic heterocycles. The topological polar surface area (TPSA) is 33.2 Å². The summed E-state index contributed by atoms with van der Waals surface area (Å²) in [6.07, 6.45) is 3.29. The minimum absolute atomic E-state index is 0.549. The van der Waals surface area contributed by atoms with Gasteiger partial charge in [-0.05, 0) is 12.1 Å². The molecule has 0 bridgehead atoms. The van der Waals surface area contributed by atoms with Crippen molar-refractivity contribution in [2.75, 3.05) is 18.5 Å². The van der Waals surface area contributed by atoms with Crippen molar-refractivity contribution in [1.82, 2.24) is 4.98 Å². The van der Waals surface area contributed by atoms with E-state index in [1.54, 1.807) is 6.20 Å². The summed E-state index contributed by atoms with van der Waals surface area (Å²) < 4.78 is 0. The molecule has 0 N–H and O–H groups in total. The Morgan fingerprint density at radius 3 is 2.94 bits per heavy atom. The van der Waals surface area contributed by atoms with Crippen LogP contribution in [0.1, 0.15) is 6.42 Å². The number of aromatic nitrogens is 1. The first-order valence-electron chi connectivity index (χ1n) is 5.31. The average Bonchev–Trinajstić information content (AvgIpc) is 2.35. The van der Waals surface area contributed by atoms with Gasteiger partial charge in [0.2, 0.25) is 0 Å². The van der Waals surface area contributed by atoms with Crippen LogP contribution in [0, 0.1) is 0 Å². The van der Waals surface area contributed by atoms with Gasteiger partial charge in [0.25, 0.3) is 0 Å². The fourth-order valence-corrected chi connectivity index (χ4v) is 1.78. The molecule has 0 fully saturated rings. The van der Waals surface area contributed by atoms with Gasteiger partial charge in [0.1, 0.15) is 6.29 Å². The number of carbonyl (C=O) groups excluding carboxylic acids is 1. The molecule has 2 rings (SSSR count). The Bertz CT molecular complexity index is 491. The number of hydrogen-bond acceptors (Lipinski definition) is 3. The van der Waals surface area contributed by atoms with Crippen molar-refractivity contribution < 1.29 is 4.79 Å². The summed E-state index contributed by atoms with van der Waals surface area (Å²) in [5, 5.41) is 1.12. The molecule has 0 aliphatic heterocycles. The van der Waals surface area contributed by atoms with Crippen LogP contribution >= 0.6 is 0 Å². The molecule has 0 radical (unpaired) electrons. The number of nitrogens with zero attached hydrogens (tertiary/aromatic N) is 2. The SMILES string of the molecule is CN(CCC=O)c1ccnc2ccccc12. The quantitative estimate of drug-likeness (QED) is 0.732. The Balaban J connectivity index is 2.39. The van der Waals surface area contributed by atoms with Crippen LogP contribution in [0.5, 0.6) is 0 Å². The van der Waals surface area contributed by atoms with Crippen LogP contribution < -0.4 is 4.90 Å². The van der Waals surface area contributed by atoms with Crippen molar-refractivity contribution in [1.29, 1.82) is 0 Å². The second kappa shape index (κ2) is 4.75. The Labute approximate surface area is 94.7 Å². The van der Waals surface area contributed by atoms with Crippen molar-refractivity contribution in [3.63, 3.8) is 0 Å². The lowest BCUT2D eigenvalue weighted by Crippen LogP contribution is -2.19. The predicted octanol–water partition coefficient (Wildman–Crippen LogP) is 2.26. The number of pyridine rings is 1. The predicted molar refractivity (Wildman–Crippen MR) is 65.7 cm³/mol. The first kappa shape index (κ1) is 10.6. The minimum atomic E-state index is 0.549. The van der Waals surface area contributed by atoms with Crippen LogP contribution in [0.3, 0.4) is 0 Å². The summed E-state index contributed by atoms with van der Waals surface area (Å²) in [6.45, 7) is 0.734. The van der Waals surface area contributed by atoms with Gasteiger partial charge in [0.15, 0.2) is 0 Å². The number of benzene rings is 1. The molecular formula is C13H14N2O. The Kier molecular flexibility index (Phi) is 3.15. The Hall–Kier alpha value is -1.90. The van der Waals surface area contributed by atoms with E-state index in [2.05, 4.69) is 16.0 Å². The van der Waals surface area contributed by atoms with Crippen LogP contribution in [-0.4, -0.2) is 24.9 Å². The van der Waals surface area contributed by atoms with E-state index < -0.39 is 0 Å². The molecule has 0 atom stereocenters. The van der Waals surface area contributed by atoms with E-state index in [-0.39, 0.29) is 0 Å². The van der Waals surface area contributed by atoms with E-state index >= 15 is 0 Å². The van der Waals surface area contributed by atoms with Gasteiger partial charge in [-0.15, -0.1) is 0 Å². The van der Waals surface area contributed by atoms with Gasteiger partial charge in [-0.2, -0.15) is 0 Å². The Morgan fingerprint density at radius 2 is 2.12 bits per heavy atom. The van der Waals surface area contributed by atoms with Crippen LogP contribution in [0.2, 0.25) is 0 Å². The van der Waals surface area contributed by atoms with Crippen molar-refractivity contribution in [3.05, 3.63) is 36.5 Å².